The summed E-state index contributed by atoms with van der Waals surface area (Å²) in [6.45, 7) is 2.15. The Bertz CT molecular complexity index is 261. The third-order valence-electron chi connectivity index (χ3n) is 3.60. The molecule has 0 aromatic heterocycles. The lowest BCUT2D eigenvalue weighted by Crippen LogP contribution is -2.37. The first-order chi connectivity index (χ1) is 7.42. The highest BCUT2D eigenvalue weighted by atomic mass is 16.5. The van der Waals surface area contributed by atoms with Gasteiger partial charge in [-0.05, 0) is 32.2 Å². The Morgan fingerprint density at radius 3 is 3.00 bits per heavy atom. The van der Waals surface area contributed by atoms with Gasteiger partial charge < -0.3 is 15.4 Å². The number of nitrogens with zero attached hydrogens (tertiary/aromatic N) is 1. The molecule has 4 heteroatoms. The second-order valence-electron chi connectivity index (χ2n) is 4.78. The highest BCUT2D eigenvalue weighted by Crippen LogP contribution is 2.27. The minimum Gasteiger partial charge on any atom is -0.460 e. The van der Waals surface area contributed by atoms with E-state index in [1.165, 1.54) is 32.1 Å². The van der Waals surface area contributed by atoms with Crippen LogP contribution in [0.1, 0.15) is 32.1 Å². The van der Waals surface area contributed by atoms with Crippen LogP contribution in [0.2, 0.25) is 0 Å². The van der Waals surface area contributed by atoms with Crippen molar-refractivity contribution in [1.82, 2.24) is 10.6 Å². The van der Waals surface area contributed by atoms with E-state index >= 15 is 0 Å². The van der Waals surface area contributed by atoms with E-state index in [9.17, 15) is 0 Å². The Hall–Kier alpha value is -0.770. The summed E-state index contributed by atoms with van der Waals surface area (Å²) in [6, 6.07) is 1.76. The van der Waals surface area contributed by atoms with Crippen molar-refractivity contribution in [2.24, 2.45) is 4.99 Å². The second-order valence-corrected chi connectivity index (χ2v) is 4.78. The van der Waals surface area contributed by atoms with Crippen molar-refractivity contribution < 1.29 is 4.74 Å². The molecule has 15 heavy (non-hydrogen) atoms. The highest BCUT2D eigenvalue weighted by Gasteiger charge is 2.33. The van der Waals surface area contributed by atoms with Gasteiger partial charge in [0.15, 0.2) is 0 Å². The van der Waals surface area contributed by atoms with Crippen LogP contribution >= 0.6 is 0 Å². The van der Waals surface area contributed by atoms with Crippen LogP contribution in [0.5, 0.6) is 0 Å². The average molecular weight is 209 g/mol. The maximum atomic E-state index is 5.84. The van der Waals surface area contributed by atoms with Crippen molar-refractivity contribution in [2.45, 2.75) is 50.3 Å². The summed E-state index contributed by atoms with van der Waals surface area (Å²) in [5.74, 6) is 0. The number of hydrogen-bond donors (Lipinski definition) is 2. The fourth-order valence-electron chi connectivity index (χ4n) is 2.71. The second kappa shape index (κ2) is 4.00. The van der Waals surface area contributed by atoms with Gasteiger partial charge in [-0.1, -0.05) is 6.42 Å². The molecular weight excluding hydrogens is 190 g/mol. The summed E-state index contributed by atoms with van der Waals surface area (Å²) in [7, 11) is 0. The van der Waals surface area contributed by atoms with Crippen LogP contribution in [0.3, 0.4) is 0 Å². The number of amidine groups is 1. The van der Waals surface area contributed by atoms with Crippen LogP contribution in [-0.2, 0) is 4.74 Å². The molecule has 2 N–H and O–H groups in total. The van der Waals surface area contributed by atoms with E-state index < -0.39 is 0 Å². The van der Waals surface area contributed by atoms with Gasteiger partial charge in [0.25, 0.3) is 6.02 Å². The van der Waals surface area contributed by atoms with Crippen LogP contribution in [-0.4, -0.2) is 37.3 Å². The Morgan fingerprint density at radius 1 is 1.27 bits per heavy atom. The third-order valence-corrected chi connectivity index (χ3v) is 3.60. The predicted molar refractivity (Wildman–Crippen MR) is 59.0 cm³/mol. The summed E-state index contributed by atoms with van der Waals surface area (Å²) in [5, 5.41) is 6.74. The van der Waals surface area contributed by atoms with Gasteiger partial charge >= 0.3 is 0 Å². The van der Waals surface area contributed by atoms with Gasteiger partial charge in [-0.15, -0.1) is 0 Å². The first-order valence-electron chi connectivity index (χ1n) is 6.13. The molecule has 0 bridgehead atoms. The van der Waals surface area contributed by atoms with Gasteiger partial charge in [-0.2, -0.15) is 0 Å². The number of ether oxygens (including phenoxy) is 1. The maximum Gasteiger partial charge on any atom is 0.285 e. The third kappa shape index (κ3) is 1.95. The van der Waals surface area contributed by atoms with Crippen LogP contribution < -0.4 is 10.6 Å². The molecule has 2 aliphatic heterocycles. The molecule has 3 unspecified atom stereocenters. The highest BCUT2D eigenvalue weighted by molar-refractivity contribution is 5.76. The molecule has 0 radical (unpaired) electrons. The molecule has 2 fully saturated rings. The molecule has 0 aromatic rings. The van der Waals surface area contributed by atoms with E-state index in [0.29, 0.717) is 18.2 Å². The predicted octanol–water partition coefficient (Wildman–Crippen LogP) is 0.635. The van der Waals surface area contributed by atoms with E-state index in [0.717, 1.165) is 19.1 Å². The van der Waals surface area contributed by atoms with Crippen molar-refractivity contribution in [2.75, 3.05) is 13.1 Å². The molecule has 1 saturated carbocycles. The van der Waals surface area contributed by atoms with Crippen LogP contribution in [0.4, 0.5) is 0 Å². The van der Waals surface area contributed by atoms with Crippen LogP contribution in [0, 0.1) is 0 Å². The van der Waals surface area contributed by atoms with E-state index in [4.69, 9.17) is 4.74 Å². The molecule has 4 nitrogen and oxygen atoms in total. The molecular formula is C11H19N3O. The van der Waals surface area contributed by atoms with Crippen LogP contribution in [0.25, 0.3) is 0 Å². The van der Waals surface area contributed by atoms with E-state index in [1.54, 1.807) is 0 Å². The molecule has 3 rings (SSSR count). The van der Waals surface area contributed by atoms with Gasteiger partial charge in [0.05, 0.1) is 6.04 Å². The molecule has 0 spiro atoms. The molecule has 2 heterocycles. The molecule has 1 saturated heterocycles. The summed E-state index contributed by atoms with van der Waals surface area (Å²) in [5.41, 5.74) is 0. The molecule has 0 aromatic carbocycles. The lowest BCUT2D eigenvalue weighted by molar-refractivity contribution is 0.146. The minimum absolute atomic E-state index is 0.371. The summed E-state index contributed by atoms with van der Waals surface area (Å²) in [6.07, 6.45) is 6.55. The SMILES string of the molecule is C1CCC2OC(NC3CCNC3)=NC2C1. The number of fused-ring (bicyclic) bond motifs is 1. The van der Waals surface area contributed by atoms with E-state index in [1.807, 2.05) is 0 Å². The summed E-state index contributed by atoms with van der Waals surface area (Å²) in [4.78, 5) is 4.63. The first-order valence-corrected chi connectivity index (χ1v) is 6.13. The van der Waals surface area contributed by atoms with Gasteiger partial charge in [0.2, 0.25) is 0 Å². The zero-order valence-electron chi connectivity index (χ0n) is 9.04. The number of rotatable bonds is 1. The lowest BCUT2D eigenvalue weighted by Gasteiger charge is -2.22. The molecule has 84 valence electrons. The molecule has 1 aliphatic carbocycles. The maximum absolute atomic E-state index is 5.84. The minimum atomic E-state index is 0.371. The normalized spacial score (nSPS) is 39.5. The largest absolute Gasteiger partial charge is 0.460 e. The molecule has 3 atom stereocenters. The summed E-state index contributed by atoms with van der Waals surface area (Å²) >= 11 is 0. The fraction of sp³-hybridized carbons (Fsp3) is 0.909. The quantitative estimate of drug-likeness (QED) is 0.666. The standard InChI is InChI=1S/C11H19N3O/c1-2-4-10-9(3-1)14-11(15-10)13-8-5-6-12-7-8/h8-10,12H,1-7H2,(H,13,14). The molecule has 0 amide bonds. The van der Waals surface area contributed by atoms with Crippen molar-refractivity contribution >= 4 is 6.02 Å². The fourth-order valence-corrected chi connectivity index (χ4v) is 2.71. The van der Waals surface area contributed by atoms with Gasteiger partial charge in [-0.3, -0.25) is 0 Å². The number of hydrogen-bond acceptors (Lipinski definition) is 4. The lowest BCUT2D eigenvalue weighted by atomic mass is 9.94. The van der Waals surface area contributed by atoms with E-state index in [-0.39, 0.29) is 0 Å². The van der Waals surface area contributed by atoms with Crippen molar-refractivity contribution in [3.63, 3.8) is 0 Å². The first kappa shape index (κ1) is 9.46. The van der Waals surface area contributed by atoms with Gasteiger partial charge in [0, 0.05) is 12.6 Å². The smallest absolute Gasteiger partial charge is 0.285 e. The van der Waals surface area contributed by atoms with E-state index in [2.05, 4.69) is 15.6 Å². The Kier molecular flexibility index (Phi) is 2.52. The number of nitrogens with one attached hydrogen (secondary N) is 2. The zero-order valence-corrected chi connectivity index (χ0v) is 9.04. The Labute approximate surface area is 90.5 Å². The number of aliphatic imine (C=N–C) groups is 1. The monoisotopic (exact) mass is 209 g/mol. The Balaban J connectivity index is 1.58. The zero-order chi connectivity index (χ0) is 10.1. The summed E-state index contributed by atoms with van der Waals surface area (Å²) < 4.78 is 5.84. The van der Waals surface area contributed by atoms with Crippen molar-refractivity contribution in [3.05, 3.63) is 0 Å². The van der Waals surface area contributed by atoms with Crippen LogP contribution in [0.15, 0.2) is 4.99 Å². The van der Waals surface area contributed by atoms with Crippen molar-refractivity contribution in [3.8, 4) is 0 Å². The molecule has 3 aliphatic rings. The van der Waals surface area contributed by atoms with Gasteiger partial charge in [0.1, 0.15) is 6.10 Å². The van der Waals surface area contributed by atoms with Crippen molar-refractivity contribution in [1.29, 1.82) is 0 Å². The van der Waals surface area contributed by atoms with Gasteiger partial charge in [-0.25, -0.2) is 4.99 Å². The topological polar surface area (TPSA) is 45.6 Å². The Morgan fingerprint density at radius 2 is 2.20 bits per heavy atom. The average Bonchev–Trinajstić information content (AvgIpc) is 2.86.